The molecule has 0 saturated carbocycles. The molecule has 1 aromatic heterocycles. The summed E-state index contributed by atoms with van der Waals surface area (Å²) in [6.07, 6.45) is 1.32. The number of carbonyl (C=O) groups is 1. The number of nitrogens with one attached hydrogen (secondary N) is 1. The molecule has 0 spiro atoms. The number of aromatic hydroxyl groups is 1. The number of rotatable bonds is 11. The number of aryl methyl sites for hydroxylation is 1. The highest BCUT2D eigenvalue weighted by Crippen LogP contribution is 2.24. The lowest BCUT2D eigenvalue weighted by Crippen LogP contribution is -2.35. The van der Waals surface area contributed by atoms with Gasteiger partial charge in [0.25, 0.3) is 0 Å². The van der Waals surface area contributed by atoms with Crippen molar-refractivity contribution >= 4 is 28.7 Å². The van der Waals surface area contributed by atoms with Crippen LogP contribution in [-0.4, -0.2) is 64.6 Å². The third-order valence-electron chi connectivity index (χ3n) is 4.52. The zero-order valence-corrected chi connectivity index (χ0v) is 17.9. The summed E-state index contributed by atoms with van der Waals surface area (Å²) in [5.74, 6) is 1.34. The van der Waals surface area contributed by atoms with Crippen molar-refractivity contribution in [3.05, 3.63) is 48.0 Å². The number of phenolic OH excluding ortho intramolecular Hbond substituents is 1. The average molecular weight is 431 g/mol. The van der Waals surface area contributed by atoms with Gasteiger partial charge in [-0.2, -0.15) is 11.8 Å². The number of hydrogen-bond donors (Lipinski definition) is 2. The number of benzene rings is 2. The number of hydrogen-bond acceptors (Lipinski definition) is 7. The molecular weight excluding hydrogens is 404 g/mol. The number of fused-ring (bicyclic) bond motifs is 1. The van der Waals surface area contributed by atoms with Gasteiger partial charge in [0.05, 0.1) is 12.3 Å². The van der Waals surface area contributed by atoms with E-state index in [9.17, 15) is 9.90 Å². The fourth-order valence-corrected chi connectivity index (χ4v) is 3.69. The molecule has 1 heterocycles. The van der Waals surface area contributed by atoms with E-state index < -0.39 is 6.29 Å². The van der Waals surface area contributed by atoms with Crippen molar-refractivity contribution in [3.8, 4) is 11.4 Å². The molecule has 2 N–H and O–H groups in total. The van der Waals surface area contributed by atoms with Crippen LogP contribution < -0.4 is 5.32 Å². The van der Waals surface area contributed by atoms with E-state index in [4.69, 9.17) is 9.47 Å². The fourth-order valence-electron chi connectivity index (χ4n) is 2.91. The summed E-state index contributed by atoms with van der Waals surface area (Å²) in [4.78, 5) is 13.3. The third kappa shape index (κ3) is 5.94. The number of ether oxygens (including phenoxy) is 2. The molecule has 0 aliphatic rings. The van der Waals surface area contributed by atoms with Crippen LogP contribution in [0.5, 0.6) is 5.75 Å². The van der Waals surface area contributed by atoms with E-state index in [2.05, 4.69) is 15.5 Å². The van der Waals surface area contributed by atoms with E-state index >= 15 is 0 Å². The second-order valence-electron chi connectivity index (χ2n) is 6.66. The van der Waals surface area contributed by atoms with Crippen LogP contribution in [0.4, 0.5) is 0 Å². The second-order valence-corrected chi connectivity index (χ2v) is 7.77. The van der Waals surface area contributed by atoms with Gasteiger partial charge in [0, 0.05) is 14.2 Å². The average Bonchev–Trinajstić information content (AvgIpc) is 3.19. The molecule has 1 amide bonds. The molecule has 0 bridgehead atoms. The van der Waals surface area contributed by atoms with Gasteiger partial charge < -0.3 is 19.9 Å². The van der Waals surface area contributed by atoms with Gasteiger partial charge in [0.1, 0.15) is 22.5 Å². The normalized spacial score (nSPS) is 11.3. The Bertz CT molecular complexity index is 942. The molecule has 0 aliphatic heterocycles. The molecule has 3 aromatic rings. The Labute approximate surface area is 179 Å². The van der Waals surface area contributed by atoms with Gasteiger partial charge in [0.2, 0.25) is 5.91 Å². The summed E-state index contributed by atoms with van der Waals surface area (Å²) in [5, 5.41) is 21.9. The number of amides is 1. The first-order valence-electron chi connectivity index (χ1n) is 9.65. The molecular formula is C21H26N4O4S. The molecule has 30 heavy (non-hydrogen) atoms. The molecule has 0 radical (unpaired) electrons. The molecule has 8 nitrogen and oxygen atoms in total. The first-order valence-corrected chi connectivity index (χ1v) is 10.8. The molecule has 2 aromatic carbocycles. The summed E-state index contributed by atoms with van der Waals surface area (Å²) in [6.45, 7) is 0.332. The number of methoxy groups -OCH3 is 2. The van der Waals surface area contributed by atoms with Crippen LogP contribution in [-0.2, 0) is 20.7 Å². The van der Waals surface area contributed by atoms with Gasteiger partial charge in [-0.15, -0.1) is 15.0 Å². The molecule has 0 aliphatic carbocycles. The summed E-state index contributed by atoms with van der Waals surface area (Å²) in [7, 11) is 3.07. The summed E-state index contributed by atoms with van der Waals surface area (Å²) >= 11 is 1.58. The minimum atomic E-state index is -0.426. The Kier molecular flexibility index (Phi) is 8.06. The first-order chi connectivity index (χ1) is 14.6. The van der Waals surface area contributed by atoms with E-state index in [0.717, 1.165) is 35.2 Å². The van der Waals surface area contributed by atoms with Crippen LogP contribution in [0.25, 0.3) is 16.7 Å². The number of thioether (sulfide) groups is 1. The molecule has 0 saturated heterocycles. The minimum Gasteiger partial charge on any atom is -0.506 e. The summed E-state index contributed by atoms with van der Waals surface area (Å²) in [5.41, 5.74) is 3.19. The monoisotopic (exact) mass is 430 g/mol. The minimum absolute atomic E-state index is 0.0390. The van der Waals surface area contributed by atoms with E-state index in [0.29, 0.717) is 18.0 Å². The highest BCUT2D eigenvalue weighted by Gasteiger charge is 2.10. The molecule has 3 rings (SSSR count). The van der Waals surface area contributed by atoms with Crippen molar-refractivity contribution < 1.29 is 19.4 Å². The predicted molar refractivity (Wildman–Crippen MR) is 117 cm³/mol. The highest BCUT2D eigenvalue weighted by atomic mass is 32.2. The lowest BCUT2D eigenvalue weighted by molar-refractivity contribution is -0.125. The lowest BCUT2D eigenvalue weighted by atomic mass is 10.1. The van der Waals surface area contributed by atoms with Crippen LogP contribution in [0, 0.1) is 0 Å². The molecule has 9 heteroatoms. The van der Waals surface area contributed by atoms with E-state index in [-0.39, 0.29) is 11.7 Å². The Balaban J connectivity index is 1.47. The van der Waals surface area contributed by atoms with Crippen LogP contribution in [0.2, 0.25) is 0 Å². The van der Waals surface area contributed by atoms with Crippen LogP contribution in [0.1, 0.15) is 12.0 Å². The second kappa shape index (κ2) is 11.0. The zero-order chi connectivity index (χ0) is 21.3. The largest absolute Gasteiger partial charge is 0.506 e. The molecule has 160 valence electrons. The van der Waals surface area contributed by atoms with Gasteiger partial charge in [-0.3, -0.25) is 4.79 Å². The van der Waals surface area contributed by atoms with Crippen molar-refractivity contribution in [2.45, 2.75) is 19.1 Å². The lowest BCUT2D eigenvalue weighted by Gasteiger charge is -2.13. The van der Waals surface area contributed by atoms with Gasteiger partial charge in [-0.05, 0) is 48.4 Å². The SMILES string of the molecule is COC(CNC(=O)CSCCCc1ccc(O)c(-n2nc3ccccc3n2)c1)OC. The van der Waals surface area contributed by atoms with Crippen LogP contribution in [0.3, 0.4) is 0 Å². The molecule has 0 unspecified atom stereocenters. The number of phenols is 1. The quantitative estimate of drug-likeness (QED) is 0.356. The maximum absolute atomic E-state index is 11.8. The highest BCUT2D eigenvalue weighted by molar-refractivity contribution is 7.99. The number of nitrogens with zero attached hydrogens (tertiary/aromatic N) is 3. The topological polar surface area (TPSA) is 98.5 Å². The van der Waals surface area contributed by atoms with Gasteiger partial charge >= 0.3 is 0 Å². The maximum Gasteiger partial charge on any atom is 0.230 e. The van der Waals surface area contributed by atoms with E-state index in [1.165, 1.54) is 19.0 Å². The molecule has 0 atom stereocenters. The Hall–Kier alpha value is -2.62. The van der Waals surface area contributed by atoms with Crippen LogP contribution >= 0.6 is 11.8 Å². The standard InChI is InChI=1S/C21H26N4O4S/c1-28-21(29-2)13-22-20(27)14-30-11-5-6-15-9-10-19(26)18(12-15)25-23-16-7-3-4-8-17(16)24-25/h3-4,7-10,12,21,26H,5-6,11,13-14H2,1-2H3,(H,22,27). The van der Waals surface area contributed by atoms with Gasteiger partial charge in [0.15, 0.2) is 6.29 Å². The van der Waals surface area contributed by atoms with Crippen molar-refractivity contribution in [3.63, 3.8) is 0 Å². The smallest absolute Gasteiger partial charge is 0.230 e. The van der Waals surface area contributed by atoms with Crippen molar-refractivity contribution in [1.29, 1.82) is 0 Å². The van der Waals surface area contributed by atoms with Gasteiger partial charge in [-0.25, -0.2) is 0 Å². The predicted octanol–water partition coefficient (Wildman–Crippen LogP) is 2.53. The number of carbonyl (C=O) groups excluding carboxylic acids is 1. The maximum atomic E-state index is 11.8. The number of aromatic nitrogens is 3. The summed E-state index contributed by atoms with van der Waals surface area (Å²) < 4.78 is 10.1. The third-order valence-corrected chi connectivity index (χ3v) is 5.56. The zero-order valence-electron chi connectivity index (χ0n) is 17.1. The fraction of sp³-hybridized carbons (Fsp3) is 0.381. The van der Waals surface area contributed by atoms with E-state index in [1.54, 1.807) is 17.8 Å². The van der Waals surface area contributed by atoms with E-state index in [1.807, 2.05) is 36.4 Å². The Morgan fingerprint density at radius 2 is 1.87 bits per heavy atom. The van der Waals surface area contributed by atoms with Crippen molar-refractivity contribution in [2.75, 3.05) is 32.3 Å². The van der Waals surface area contributed by atoms with Crippen molar-refractivity contribution in [1.82, 2.24) is 20.3 Å². The Morgan fingerprint density at radius 3 is 2.53 bits per heavy atom. The first kappa shape index (κ1) is 22.1. The van der Waals surface area contributed by atoms with Crippen molar-refractivity contribution in [2.24, 2.45) is 0 Å². The Morgan fingerprint density at radius 1 is 1.17 bits per heavy atom. The van der Waals surface area contributed by atoms with Crippen LogP contribution in [0.15, 0.2) is 42.5 Å². The van der Waals surface area contributed by atoms with Gasteiger partial charge in [-0.1, -0.05) is 18.2 Å². The molecule has 0 fully saturated rings. The summed E-state index contributed by atoms with van der Waals surface area (Å²) in [6, 6.07) is 13.1.